The highest BCUT2D eigenvalue weighted by atomic mass is 32.1. The highest BCUT2D eigenvalue weighted by Gasteiger charge is 2.32. The fourth-order valence-electron chi connectivity index (χ4n) is 2.74. The Labute approximate surface area is 107 Å². The molecule has 0 saturated heterocycles. The average molecular weight is 246 g/mol. The quantitative estimate of drug-likeness (QED) is 0.788. The molecule has 2 nitrogen and oxygen atoms in total. The van der Waals surface area contributed by atoms with Crippen LogP contribution in [0.4, 0.5) is 0 Å². The van der Waals surface area contributed by atoms with Gasteiger partial charge in [0.25, 0.3) is 0 Å². The zero-order chi connectivity index (χ0) is 12.0. The fourth-order valence-corrected chi connectivity index (χ4v) is 3.01. The summed E-state index contributed by atoms with van der Waals surface area (Å²) in [4.78, 5) is 3.30. The summed E-state index contributed by atoms with van der Waals surface area (Å²) in [7, 11) is 0. The molecule has 0 unspecified atom stereocenters. The van der Waals surface area contributed by atoms with Crippen LogP contribution >= 0.6 is 12.2 Å². The van der Waals surface area contributed by atoms with E-state index < -0.39 is 0 Å². The van der Waals surface area contributed by atoms with Crippen molar-refractivity contribution in [2.45, 2.75) is 39.7 Å². The van der Waals surface area contributed by atoms with Crippen molar-refractivity contribution in [3.8, 4) is 0 Å². The third kappa shape index (κ3) is 1.82. The monoisotopic (exact) mass is 246 g/mol. The van der Waals surface area contributed by atoms with Gasteiger partial charge in [0, 0.05) is 6.54 Å². The Morgan fingerprint density at radius 3 is 2.82 bits per heavy atom. The highest BCUT2D eigenvalue weighted by molar-refractivity contribution is 7.71. The number of nitrogens with one attached hydrogen (secondary N) is 1. The summed E-state index contributed by atoms with van der Waals surface area (Å²) in [6, 6.07) is 6.48. The molecular formula is C14H18N2S. The smallest absolute Gasteiger partial charge is 0.178 e. The minimum atomic E-state index is 0.455. The van der Waals surface area contributed by atoms with Crippen molar-refractivity contribution < 1.29 is 0 Å². The van der Waals surface area contributed by atoms with Gasteiger partial charge in [-0.15, -0.1) is 0 Å². The second kappa shape index (κ2) is 3.70. The molecule has 1 N–H and O–H groups in total. The molecule has 2 aromatic rings. The van der Waals surface area contributed by atoms with Crippen LogP contribution in [0.3, 0.4) is 0 Å². The topological polar surface area (TPSA) is 20.7 Å². The molecule has 1 heterocycles. The maximum atomic E-state index is 5.44. The molecule has 1 aromatic carbocycles. The lowest BCUT2D eigenvalue weighted by Gasteiger charge is -2.38. The largest absolute Gasteiger partial charge is 0.331 e. The highest BCUT2D eigenvalue weighted by Crippen LogP contribution is 2.42. The van der Waals surface area contributed by atoms with E-state index in [0.29, 0.717) is 5.41 Å². The van der Waals surface area contributed by atoms with E-state index in [0.717, 1.165) is 16.8 Å². The minimum Gasteiger partial charge on any atom is -0.331 e. The summed E-state index contributed by atoms with van der Waals surface area (Å²) < 4.78 is 3.13. The molecule has 0 bridgehead atoms. The Morgan fingerprint density at radius 1 is 1.41 bits per heavy atom. The molecule has 0 amide bonds. The number of aromatic nitrogens is 2. The molecule has 1 aromatic heterocycles. The lowest BCUT2D eigenvalue weighted by Crippen LogP contribution is -2.30. The van der Waals surface area contributed by atoms with E-state index in [1.165, 1.54) is 30.3 Å². The molecule has 0 radical (unpaired) electrons. The van der Waals surface area contributed by atoms with E-state index in [1.807, 2.05) is 0 Å². The van der Waals surface area contributed by atoms with E-state index in [1.54, 1.807) is 0 Å². The lowest BCUT2D eigenvalue weighted by atomic mass is 9.70. The second-order valence-electron chi connectivity index (χ2n) is 5.70. The van der Waals surface area contributed by atoms with E-state index >= 15 is 0 Å². The Hall–Kier alpha value is -1.09. The molecule has 17 heavy (non-hydrogen) atoms. The SMILES string of the molecule is Cc1ccc2[nH]c(=S)n(CC3(C)CCC3)c2c1. The van der Waals surface area contributed by atoms with Crippen molar-refractivity contribution in [1.29, 1.82) is 0 Å². The van der Waals surface area contributed by atoms with Crippen LogP contribution in [0.5, 0.6) is 0 Å². The molecule has 1 aliphatic carbocycles. The fraction of sp³-hybridized carbons (Fsp3) is 0.500. The lowest BCUT2D eigenvalue weighted by molar-refractivity contribution is 0.133. The Balaban J connectivity index is 2.11. The van der Waals surface area contributed by atoms with Crippen molar-refractivity contribution >= 4 is 23.3 Å². The number of rotatable bonds is 2. The van der Waals surface area contributed by atoms with Gasteiger partial charge in [-0.1, -0.05) is 19.4 Å². The van der Waals surface area contributed by atoms with Gasteiger partial charge in [0.05, 0.1) is 11.0 Å². The van der Waals surface area contributed by atoms with Crippen LogP contribution in [0, 0.1) is 17.1 Å². The number of hydrogen-bond acceptors (Lipinski definition) is 1. The maximum Gasteiger partial charge on any atom is 0.178 e. The van der Waals surface area contributed by atoms with Crippen molar-refractivity contribution in [2.75, 3.05) is 0 Å². The summed E-state index contributed by atoms with van der Waals surface area (Å²) in [5.41, 5.74) is 4.16. The summed E-state index contributed by atoms with van der Waals surface area (Å²) in [5, 5.41) is 0. The number of fused-ring (bicyclic) bond motifs is 1. The number of aryl methyl sites for hydroxylation is 1. The van der Waals surface area contributed by atoms with Gasteiger partial charge in [-0.25, -0.2) is 0 Å². The molecule has 0 spiro atoms. The normalized spacial score (nSPS) is 18.2. The number of H-pyrrole nitrogens is 1. The Morgan fingerprint density at radius 2 is 2.18 bits per heavy atom. The predicted octanol–water partition coefficient (Wildman–Crippen LogP) is 4.20. The molecule has 3 heteroatoms. The second-order valence-corrected chi connectivity index (χ2v) is 6.09. The number of imidazole rings is 1. The third-order valence-corrected chi connectivity index (χ3v) is 4.35. The van der Waals surface area contributed by atoms with Crippen LogP contribution in [0.15, 0.2) is 18.2 Å². The van der Waals surface area contributed by atoms with E-state index in [9.17, 15) is 0 Å². The van der Waals surface area contributed by atoms with Gasteiger partial charge >= 0.3 is 0 Å². The third-order valence-electron chi connectivity index (χ3n) is 4.03. The first-order valence-corrected chi connectivity index (χ1v) is 6.67. The molecule has 0 atom stereocenters. The molecule has 90 valence electrons. The van der Waals surface area contributed by atoms with Crippen LogP contribution in [0.25, 0.3) is 11.0 Å². The first kappa shape index (κ1) is 11.0. The van der Waals surface area contributed by atoms with Crippen molar-refractivity contribution in [1.82, 2.24) is 9.55 Å². The number of aromatic amines is 1. The molecule has 1 saturated carbocycles. The molecule has 1 fully saturated rings. The summed E-state index contributed by atoms with van der Waals surface area (Å²) in [6.45, 7) is 5.55. The predicted molar refractivity (Wildman–Crippen MR) is 73.8 cm³/mol. The molecular weight excluding hydrogens is 228 g/mol. The van der Waals surface area contributed by atoms with Gasteiger partial charge in [0.15, 0.2) is 4.77 Å². The minimum absolute atomic E-state index is 0.455. The number of benzene rings is 1. The molecule has 3 rings (SSSR count). The first-order valence-electron chi connectivity index (χ1n) is 6.27. The van der Waals surface area contributed by atoms with Crippen molar-refractivity contribution in [2.24, 2.45) is 5.41 Å². The van der Waals surface area contributed by atoms with E-state index in [-0.39, 0.29) is 0 Å². The zero-order valence-corrected chi connectivity index (χ0v) is 11.2. The van der Waals surface area contributed by atoms with Crippen LogP contribution < -0.4 is 0 Å². The number of hydrogen-bond donors (Lipinski definition) is 1. The van der Waals surface area contributed by atoms with E-state index in [4.69, 9.17) is 12.2 Å². The van der Waals surface area contributed by atoms with Gasteiger partial charge in [0.1, 0.15) is 0 Å². The maximum absolute atomic E-state index is 5.44. The Kier molecular flexibility index (Phi) is 2.40. The molecule has 1 aliphatic rings. The van der Waals surface area contributed by atoms with Gasteiger partial charge in [-0.2, -0.15) is 0 Å². The van der Waals surface area contributed by atoms with Gasteiger partial charge < -0.3 is 9.55 Å². The molecule has 0 aliphatic heterocycles. The summed E-state index contributed by atoms with van der Waals surface area (Å²) in [5.74, 6) is 0. The van der Waals surface area contributed by atoms with Crippen LogP contribution in [0.2, 0.25) is 0 Å². The summed E-state index contributed by atoms with van der Waals surface area (Å²) >= 11 is 5.44. The summed E-state index contributed by atoms with van der Waals surface area (Å²) in [6.07, 6.45) is 4.02. The van der Waals surface area contributed by atoms with Crippen LogP contribution in [-0.2, 0) is 6.54 Å². The first-order chi connectivity index (χ1) is 8.07. The van der Waals surface area contributed by atoms with Gasteiger partial charge in [-0.05, 0) is 55.1 Å². The number of nitrogens with zero attached hydrogens (tertiary/aromatic N) is 1. The standard InChI is InChI=1S/C14H18N2S/c1-10-4-5-11-12(8-10)16(13(17)15-11)9-14(2)6-3-7-14/h4-5,8H,3,6-7,9H2,1-2H3,(H,15,17). The van der Waals surface area contributed by atoms with Crippen molar-refractivity contribution in [3.63, 3.8) is 0 Å². The van der Waals surface area contributed by atoms with Crippen LogP contribution in [-0.4, -0.2) is 9.55 Å². The van der Waals surface area contributed by atoms with Gasteiger partial charge in [0.2, 0.25) is 0 Å². The Bertz CT molecular complexity index is 617. The zero-order valence-electron chi connectivity index (χ0n) is 10.4. The van der Waals surface area contributed by atoms with Crippen molar-refractivity contribution in [3.05, 3.63) is 28.5 Å². The van der Waals surface area contributed by atoms with E-state index in [2.05, 4.69) is 41.6 Å². The average Bonchev–Trinajstić information content (AvgIpc) is 2.53. The van der Waals surface area contributed by atoms with Crippen LogP contribution in [0.1, 0.15) is 31.7 Å². The van der Waals surface area contributed by atoms with Gasteiger partial charge in [-0.3, -0.25) is 0 Å².